The van der Waals surface area contributed by atoms with Crippen LogP contribution in [0.2, 0.25) is 0 Å². The van der Waals surface area contributed by atoms with Crippen molar-refractivity contribution < 1.29 is 4.74 Å². The molecule has 6 heteroatoms. The molecule has 0 amide bonds. The maximum atomic E-state index is 5.40. The Bertz CT molecular complexity index is 508. The zero-order valence-corrected chi connectivity index (χ0v) is 16.8. The Balaban J connectivity index is 0.00000208. The molecule has 2 N–H and O–H groups in total. The summed E-state index contributed by atoms with van der Waals surface area (Å²) in [6.45, 7) is 4.42. The fraction of sp³-hybridized carbons (Fsp3) is 0.611. The van der Waals surface area contributed by atoms with Crippen LogP contribution in [0, 0.1) is 0 Å². The Morgan fingerprint density at radius 1 is 1.17 bits per heavy atom. The number of nitrogens with zero attached hydrogens (tertiary/aromatic N) is 2. The van der Waals surface area contributed by atoms with Crippen LogP contribution in [0.25, 0.3) is 0 Å². The van der Waals surface area contributed by atoms with E-state index in [2.05, 4.69) is 44.8 Å². The van der Waals surface area contributed by atoms with Gasteiger partial charge in [0.05, 0.1) is 13.2 Å². The van der Waals surface area contributed by atoms with Crippen molar-refractivity contribution in [1.29, 1.82) is 0 Å². The smallest absolute Gasteiger partial charge is 0.191 e. The Hall–Kier alpha value is -1.02. The zero-order chi connectivity index (χ0) is 15.9. The van der Waals surface area contributed by atoms with Gasteiger partial charge in [0.25, 0.3) is 0 Å². The number of aliphatic imine (C=N–C) groups is 1. The average Bonchev–Trinajstić information content (AvgIpc) is 3.13. The third-order valence-electron chi connectivity index (χ3n) is 4.69. The van der Waals surface area contributed by atoms with Gasteiger partial charge in [0.2, 0.25) is 0 Å². The van der Waals surface area contributed by atoms with Gasteiger partial charge in [0.1, 0.15) is 0 Å². The summed E-state index contributed by atoms with van der Waals surface area (Å²) in [5, 5.41) is 6.93. The van der Waals surface area contributed by atoms with Crippen LogP contribution in [0.15, 0.2) is 29.3 Å². The van der Waals surface area contributed by atoms with Crippen LogP contribution in [0.5, 0.6) is 0 Å². The molecule has 134 valence electrons. The second-order valence-corrected chi connectivity index (χ2v) is 6.32. The number of anilines is 1. The average molecular weight is 444 g/mol. The van der Waals surface area contributed by atoms with Crippen LogP contribution in [0.1, 0.15) is 31.2 Å². The number of rotatable bonds is 4. The van der Waals surface area contributed by atoms with Crippen LogP contribution in [-0.4, -0.2) is 45.4 Å². The van der Waals surface area contributed by atoms with Gasteiger partial charge in [-0.25, -0.2) is 0 Å². The first-order valence-corrected chi connectivity index (χ1v) is 8.74. The Morgan fingerprint density at radius 2 is 1.83 bits per heavy atom. The molecule has 1 saturated heterocycles. The lowest BCUT2D eigenvalue weighted by Crippen LogP contribution is -2.41. The van der Waals surface area contributed by atoms with Gasteiger partial charge in [0, 0.05) is 38.4 Å². The molecule has 0 spiro atoms. The van der Waals surface area contributed by atoms with E-state index in [4.69, 9.17) is 4.74 Å². The minimum atomic E-state index is 0. The molecule has 5 nitrogen and oxygen atoms in total. The van der Waals surface area contributed by atoms with Crippen molar-refractivity contribution in [3.8, 4) is 0 Å². The van der Waals surface area contributed by atoms with Gasteiger partial charge in [-0.1, -0.05) is 25.0 Å². The second-order valence-electron chi connectivity index (χ2n) is 6.32. The molecule has 2 fully saturated rings. The monoisotopic (exact) mass is 444 g/mol. The fourth-order valence-corrected chi connectivity index (χ4v) is 3.29. The van der Waals surface area contributed by atoms with E-state index < -0.39 is 0 Å². The molecule has 1 aliphatic heterocycles. The number of guanidine groups is 1. The van der Waals surface area contributed by atoms with Gasteiger partial charge < -0.3 is 20.3 Å². The van der Waals surface area contributed by atoms with E-state index >= 15 is 0 Å². The maximum Gasteiger partial charge on any atom is 0.191 e. The maximum absolute atomic E-state index is 5.40. The molecule has 1 saturated carbocycles. The third-order valence-corrected chi connectivity index (χ3v) is 4.69. The number of hydrogen-bond acceptors (Lipinski definition) is 3. The number of hydrogen-bond donors (Lipinski definition) is 2. The SMILES string of the molecule is CN=C(NCc1ccc(N2CCOCC2)cc1)NC1CCCC1.I. The number of morpholine rings is 1. The summed E-state index contributed by atoms with van der Waals surface area (Å²) in [4.78, 5) is 6.71. The molecule has 3 rings (SSSR count). The molecule has 1 aromatic rings. The van der Waals surface area contributed by atoms with Crippen molar-refractivity contribution in [2.75, 3.05) is 38.3 Å². The van der Waals surface area contributed by atoms with Crippen LogP contribution < -0.4 is 15.5 Å². The van der Waals surface area contributed by atoms with Gasteiger partial charge in [-0.05, 0) is 30.5 Å². The first-order valence-electron chi connectivity index (χ1n) is 8.74. The summed E-state index contributed by atoms with van der Waals surface area (Å²) in [6, 6.07) is 9.39. The first-order chi connectivity index (χ1) is 11.3. The predicted octanol–water partition coefficient (Wildman–Crippen LogP) is 2.75. The molecular weight excluding hydrogens is 415 g/mol. The van der Waals surface area contributed by atoms with Gasteiger partial charge in [-0.3, -0.25) is 4.99 Å². The van der Waals surface area contributed by atoms with E-state index in [1.807, 2.05) is 7.05 Å². The zero-order valence-electron chi connectivity index (χ0n) is 14.5. The van der Waals surface area contributed by atoms with E-state index in [1.165, 1.54) is 36.9 Å². The van der Waals surface area contributed by atoms with E-state index in [-0.39, 0.29) is 24.0 Å². The highest BCUT2D eigenvalue weighted by atomic mass is 127. The highest BCUT2D eigenvalue weighted by Gasteiger charge is 2.15. The minimum Gasteiger partial charge on any atom is -0.378 e. The Morgan fingerprint density at radius 3 is 2.46 bits per heavy atom. The molecule has 1 aromatic carbocycles. The quantitative estimate of drug-likeness (QED) is 0.426. The lowest BCUT2D eigenvalue weighted by molar-refractivity contribution is 0.122. The summed E-state index contributed by atoms with van der Waals surface area (Å²) < 4.78 is 5.40. The largest absolute Gasteiger partial charge is 0.378 e. The molecule has 1 heterocycles. The molecule has 0 atom stereocenters. The van der Waals surface area contributed by atoms with Crippen molar-refractivity contribution >= 4 is 35.6 Å². The number of halogens is 1. The topological polar surface area (TPSA) is 48.9 Å². The van der Waals surface area contributed by atoms with E-state index in [9.17, 15) is 0 Å². The molecule has 1 aliphatic carbocycles. The molecule has 0 bridgehead atoms. The summed E-state index contributed by atoms with van der Waals surface area (Å²) in [5.41, 5.74) is 2.56. The third kappa shape index (κ3) is 5.51. The predicted molar refractivity (Wildman–Crippen MR) is 110 cm³/mol. The van der Waals surface area contributed by atoms with Crippen LogP contribution in [-0.2, 0) is 11.3 Å². The van der Waals surface area contributed by atoms with Crippen molar-refractivity contribution in [1.82, 2.24) is 10.6 Å². The first kappa shape index (κ1) is 19.3. The molecule has 0 unspecified atom stereocenters. The highest BCUT2D eigenvalue weighted by molar-refractivity contribution is 14.0. The number of ether oxygens (including phenoxy) is 1. The highest BCUT2D eigenvalue weighted by Crippen LogP contribution is 2.18. The van der Waals surface area contributed by atoms with Gasteiger partial charge in [0.15, 0.2) is 5.96 Å². The Kier molecular flexibility index (Phi) is 8.11. The molecule has 24 heavy (non-hydrogen) atoms. The van der Waals surface area contributed by atoms with Gasteiger partial charge in [-0.15, -0.1) is 24.0 Å². The van der Waals surface area contributed by atoms with Crippen molar-refractivity contribution in [3.05, 3.63) is 29.8 Å². The van der Waals surface area contributed by atoms with E-state index in [1.54, 1.807) is 0 Å². The van der Waals surface area contributed by atoms with Gasteiger partial charge in [-0.2, -0.15) is 0 Å². The van der Waals surface area contributed by atoms with Crippen LogP contribution in [0.4, 0.5) is 5.69 Å². The summed E-state index contributed by atoms with van der Waals surface area (Å²) in [6.07, 6.45) is 5.18. The standard InChI is InChI=1S/C18H28N4O.HI/c1-19-18(21-16-4-2-3-5-16)20-14-15-6-8-17(9-7-15)22-10-12-23-13-11-22;/h6-9,16H,2-5,10-14H2,1H3,(H2,19,20,21);1H. The summed E-state index contributed by atoms with van der Waals surface area (Å²) in [7, 11) is 1.84. The minimum absolute atomic E-state index is 0. The van der Waals surface area contributed by atoms with Crippen LogP contribution in [0.3, 0.4) is 0 Å². The number of benzene rings is 1. The molecule has 0 aromatic heterocycles. The summed E-state index contributed by atoms with van der Waals surface area (Å²) >= 11 is 0. The van der Waals surface area contributed by atoms with Crippen molar-refractivity contribution in [2.45, 2.75) is 38.3 Å². The van der Waals surface area contributed by atoms with Crippen molar-refractivity contribution in [3.63, 3.8) is 0 Å². The van der Waals surface area contributed by atoms with E-state index in [0.29, 0.717) is 6.04 Å². The lowest BCUT2D eigenvalue weighted by atomic mass is 10.2. The second kappa shape index (κ2) is 10.1. The van der Waals surface area contributed by atoms with Gasteiger partial charge >= 0.3 is 0 Å². The molecule has 2 aliphatic rings. The number of nitrogens with one attached hydrogen (secondary N) is 2. The normalized spacial score (nSPS) is 19.0. The molecule has 0 radical (unpaired) electrons. The van der Waals surface area contributed by atoms with E-state index in [0.717, 1.165) is 38.8 Å². The molecular formula is C18H29IN4O. The summed E-state index contributed by atoms with van der Waals surface area (Å²) in [5.74, 6) is 0.911. The van der Waals surface area contributed by atoms with Crippen molar-refractivity contribution in [2.24, 2.45) is 4.99 Å². The fourth-order valence-electron chi connectivity index (χ4n) is 3.29. The van der Waals surface area contributed by atoms with Crippen LogP contribution >= 0.6 is 24.0 Å². The Labute approximate surface area is 162 Å². The lowest BCUT2D eigenvalue weighted by Gasteiger charge is -2.29.